The molecule has 0 unspecified atom stereocenters. The monoisotopic (exact) mass is 275 g/mol. The summed E-state index contributed by atoms with van der Waals surface area (Å²) in [4.78, 5) is 14.7. The van der Waals surface area contributed by atoms with Gasteiger partial charge in [0, 0.05) is 30.4 Å². The van der Waals surface area contributed by atoms with Crippen LogP contribution in [-0.2, 0) is 13.1 Å². The summed E-state index contributed by atoms with van der Waals surface area (Å²) in [6.07, 6.45) is 0. The van der Waals surface area contributed by atoms with Crippen LogP contribution in [0.4, 0.5) is 10.1 Å². The maximum absolute atomic E-state index is 13.2. The van der Waals surface area contributed by atoms with Crippen molar-refractivity contribution in [3.8, 4) is 0 Å². The van der Waals surface area contributed by atoms with Crippen molar-refractivity contribution in [2.24, 2.45) is 0 Å². The van der Waals surface area contributed by atoms with Gasteiger partial charge in [0.1, 0.15) is 5.82 Å². The molecular formula is C14H14FN3O2. The molecule has 104 valence electrons. The van der Waals surface area contributed by atoms with Crippen LogP contribution in [0.1, 0.15) is 17.0 Å². The predicted octanol–water partition coefficient (Wildman–Crippen LogP) is 2.73. The average Bonchev–Trinajstić information content (AvgIpc) is 2.38. The molecule has 0 atom stereocenters. The van der Waals surface area contributed by atoms with Gasteiger partial charge in [-0.15, -0.1) is 0 Å². The number of halogens is 1. The van der Waals surface area contributed by atoms with Crippen LogP contribution in [0.2, 0.25) is 0 Å². The van der Waals surface area contributed by atoms with Crippen LogP contribution in [-0.4, -0.2) is 9.91 Å². The Morgan fingerprint density at radius 2 is 2.10 bits per heavy atom. The van der Waals surface area contributed by atoms with Gasteiger partial charge in [-0.3, -0.25) is 15.1 Å². The first-order valence-electron chi connectivity index (χ1n) is 6.12. The zero-order valence-corrected chi connectivity index (χ0v) is 11.0. The van der Waals surface area contributed by atoms with Crippen molar-refractivity contribution in [1.82, 2.24) is 10.3 Å². The lowest BCUT2D eigenvalue weighted by Gasteiger charge is -2.06. The van der Waals surface area contributed by atoms with Crippen LogP contribution in [0, 0.1) is 22.9 Å². The van der Waals surface area contributed by atoms with Gasteiger partial charge >= 0.3 is 0 Å². The summed E-state index contributed by atoms with van der Waals surface area (Å²) >= 11 is 0. The first kappa shape index (κ1) is 14.1. The number of rotatable bonds is 5. The number of aromatic nitrogens is 1. The van der Waals surface area contributed by atoms with Crippen LogP contribution in [0.15, 0.2) is 36.4 Å². The molecular weight excluding hydrogens is 261 g/mol. The van der Waals surface area contributed by atoms with Gasteiger partial charge < -0.3 is 5.32 Å². The van der Waals surface area contributed by atoms with Crippen molar-refractivity contribution in [1.29, 1.82) is 0 Å². The molecule has 0 aliphatic heterocycles. The Balaban J connectivity index is 2.04. The summed E-state index contributed by atoms with van der Waals surface area (Å²) in [5.74, 6) is -0.485. The molecule has 1 heterocycles. The minimum absolute atomic E-state index is 0.0869. The van der Waals surface area contributed by atoms with E-state index in [0.717, 1.165) is 17.5 Å². The molecule has 0 saturated carbocycles. The van der Waals surface area contributed by atoms with Crippen molar-refractivity contribution in [2.45, 2.75) is 20.0 Å². The third-order valence-corrected chi connectivity index (χ3v) is 2.81. The fourth-order valence-corrected chi connectivity index (χ4v) is 1.90. The second kappa shape index (κ2) is 6.21. The Hall–Kier alpha value is -2.34. The number of hydrogen-bond acceptors (Lipinski definition) is 4. The molecule has 6 heteroatoms. The molecule has 20 heavy (non-hydrogen) atoms. The molecule has 1 N–H and O–H groups in total. The number of benzene rings is 1. The number of nitrogens with zero attached hydrogens (tertiary/aromatic N) is 2. The molecule has 5 nitrogen and oxygen atoms in total. The van der Waals surface area contributed by atoms with Gasteiger partial charge in [-0.25, -0.2) is 4.39 Å². The molecule has 0 bridgehead atoms. The second-order valence-corrected chi connectivity index (χ2v) is 4.40. The lowest BCUT2D eigenvalue weighted by atomic mass is 10.1. The summed E-state index contributed by atoms with van der Waals surface area (Å²) < 4.78 is 13.2. The molecule has 0 radical (unpaired) electrons. The quantitative estimate of drug-likeness (QED) is 0.673. The minimum atomic E-state index is -0.513. The number of nitrogens with one attached hydrogen (secondary N) is 1. The van der Waals surface area contributed by atoms with Gasteiger partial charge in [-0.2, -0.15) is 0 Å². The molecule has 1 aromatic carbocycles. The lowest BCUT2D eigenvalue weighted by Crippen LogP contribution is -2.15. The van der Waals surface area contributed by atoms with Crippen LogP contribution in [0.25, 0.3) is 0 Å². The van der Waals surface area contributed by atoms with Crippen LogP contribution in [0.3, 0.4) is 0 Å². The van der Waals surface area contributed by atoms with E-state index in [1.807, 2.05) is 25.1 Å². The predicted molar refractivity (Wildman–Crippen MR) is 72.6 cm³/mol. The van der Waals surface area contributed by atoms with Gasteiger partial charge in [0.25, 0.3) is 5.69 Å². The zero-order valence-electron chi connectivity index (χ0n) is 11.0. The van der Waals surface area contributed by atoms with E-state index in [1.54, 1.807) is 0 Å². The number of pyridine rings is 1. The van der Waals surface area contributed by atoms with E-state index in [0.29, 0.717) is 12.1 Å². The van der Waals surface area contributed by atoms with Gasteiger partial charge in [0.15, 0.2) is 0 Å². The van der Waals surface area contributed by atoms with E-state index in [2.05, 4.69) is 10.3 Å². The topological polar surface area (TPSA) is 68.1 Å². The molecule has 0 aliphatic rings. The molecule has 0 spiro atoms. The summed E-state index contributed by atoms with van der Waals surface area (Å²) in [7, 11) is 0. The van der Waals surface area contributed by atoms with E-state index >= 15 is 0 Å². The van der Waals surface area contributed by atoms with Crippen LogP contribution < -0.4 is 5.32 Å². The van der Waals surface area contributed by atoms with Gasteiger partial charge in [0.2, 0.25) is 0 Å². The number of nitro benzene ring substituents is 1. The smallest absolute Gasteiger partial charge is 0.274 e. The third-order valence-electron chi connectivity index (χ3n) is 2.81. The van der Waals surface area contributed by atoms with Crippen molar-refractivity contribution < 1.29 is 9.31 Å². The van der Waals surface area contributed by atoms with E-state index < -0.39 is 10.7 Å². The largest absolute Gasteiger partial charge is 0.307 e. The van der Waals surface area contributed by atoms with E-state index in [4.69, 9.17) is 0 Å². The van der Waals surface area contributed by atoms with Crippen LogP contribution in [0.5, 0.6) is 0 Å². The molecule has 0 saturated heterocycles. The maximum atomic E-state index is 13.2. The highest BCUT2D eigenvalue weighted by molar-refractivity contribution is 5.40. The fourth-order valence-electron chi connectivity index (χ4n) is 1.90. The Labute approximate surface area is 115 Å². The lowest BCUT2D eigenvalue weighted by molar-refractivity contribution is -0.385. The van der Waals surface area contributed by atoms with E-state index in [-0.39, 0.29) is 12.2 Å². The molecule has 2 aromatic rings. The summed E-state index contributed by atoms with van der Waals surface area (Å²) in [5, 5.41) is 13.9. The Morgan fingerprint density at radius 1 is 1.30 bits per heavy atom. The fraction of sp³-hybridized carbons (Fsp3) is 0.214. The van der Waals surface area contributed by atoms with Crippen molar-refractivity contribution in [2.75, 3.05) is 0 Å². The van der Waals surface area contributed by atoms with Crippen molar-refractivity contribution >= 4 is 5.69 Å². The standard InChI is InChI=1S/C14H14FN3O2/c1-10-3-2-4-13(17-10)9-16-8-11-7-12(15)5-6-14(11)18(19)20/h2-7,16H,8-9H2,1H3. The number of aryl methyl sites for hydroxylation is 1. The zero-order chi connectivity index (χ0) is 14.5. The normalized spacial score (nSPS) is 10.5. The second-order valence-electron chi connectivity index (χ2n) is 4.40. The summed E-state index contributed by atoms with van der Waals surface area (Å²) in [5.41, 5.74) is 1.98. The van der Waals surface area contributed by atoms with Crippen molar-refractivity contribution in [3.05, 3.63) is 69.3 Å². The van der Waals surface area contributed by atoms with Gasteiger partial charge in [-0.05, 0) is 31.2 Å². The molecule has 1 aromatic heterocycles. The summed E-state index contributed by atoms with van der Waals surface area (Å²) in [6.45, 7) is 2.57. The summed E-state index contributed by atoms with van der Waals surface area (Å²) in [6, 6.07) is 9.08. The molecule has 2 rings (SSSR count). The maximum Gasteiger partial charge on any atom is 0.274 e. The van der Waals surface area contributed by atoms with E-state index in [1.165, 1.54) is 12.1 Å². The first-order valence-corrected chi connectivity index (χ1v) is 6.12. The third kappa shape index (κ3) is 3.58. The molecule has 0 amide bonds. The Bertz CT molecular complexity index is 632. The first-order chi connectivity index (χ1) is 9.56. The molecule has 0 fully saturated rings. The van der Waals surface area contributed by atoms with Gasteiger partial charge in [-0.1, -0.05) is 6.07 Å². The van der Waals surface area contributed by atoms with Crippen molar-refractivity contribution in [3.63, 3.8) is 0 Å². The highest BCUT2D eigenvalue weighted by Crippen LogP contribution is 2.19. The minimum Gasteiger partial charge on any atom is -0.307 e. The van der Waals surface area contributed by atoms with E-state index in [9.17, 15) is 14.5 Å². The Kier molecular flexibility index (Phi) is 4.37. The highest BCUT2D eigenvalue weighted by atomic mass is 19.1. The van der Waals surface area contributed by atoms with Gasteiger partial charge in [0.05, 0.1) is 10.6 Å². The highest BCUT2D eigenvalue weighted by Gasteiger charge is 2.13. The number of nitro groups is 1. The van der Waals surface area contributed by atoms with Crippen LogP contribution >= 0.6 is 0 Å². The SMILES string of the molecule is Cc1cccc(CNCc2cc(F)ccc2[N+](=O)[O-])n1. The average molecular weight is 275 g/mol. The molecule has 0 aliphatic carbocycles. The Morgan fingerprint density at radius 3 is 2.80 bits per heavy atom. The number of hydrogen-bond donors (Lipinski definition) is 1.